The highest BCUT2D eigenvalue weighted by Gasteiger charge is 2.28. The van der Waals surface area contributed by atoms with Gasteiger partial charge in [-0.05, 0) is 31.6 Å². The summed E-state index contributed by atoms with van der Waals surface area (Å²) in [6.07, 6.45) is 6.84. The summed E-state index contributed by atoms with van der Waals surface area (Å²) in [5, 5.41) is 0. The standard InChI is InChI=1S/C11H20O2/c1-3-13-10(12)6-9-11(2)7-4-5-8-11/h3-9H2,1-2H3. The molecule has 0 N–H and O–H groups in total. The first-order valence-electron chi connectivity index (χ1n) is 5.32. The van der Waals surface area contributed by atoms with E-state index in [4.69, 9.17) is 4.74 Å². The highest BCUT2D eigenvalue weighted by atomic mass is 16.5. The Morgan fingerprint density at radius 2 is 2.00 bits per heavy atom. The Hall–Kier alpha value is -0.530. The molecule has 0 aromatic heterocycles. The van der Waals surface area contributed by atoms with Gasteiger partial charge in [-0.25, -0.2) is 0 Å². The Morgan fingerprint density at radius 3 is 2.54 bits per heavy atom. The smallest absolute Gasteiger partial charge is 0.305 e. The van der Waals surface area contributed by atoms with Crippen molar-refractivity contribution >= 4 is 5.97 Å². The molecule has 1 saturated carbocycles. The van der Waals surface area contributed by atoms with Crippen LogP contribution >= 0.6 is 0 Å². The second kappa shape index (κ2) is 4.64. The molecular weight excluding hydrogens is 164 g/mol. The first-order chi connectivity index (χ1) is 6.16. The first-order valence-corrected chi connectivity index (χ1v) is 5.32. The second-order valence-electron chi connectivity index (χ2n) is 4.32. The van der Waals surface area contributed by atoms with E-state index in [1.807, 2.05) is 6.92 Å². The average Bonchev–Trinajstić information content (AvgIpc) is 2.51. The summed E-state index contributed by atoms with van der Waals surface area (Å²) in [5.74, 6) is -0.0318. The van der Waals surface area contributed by atoms with Gasteiger partial charge in [0.2, 0.25) is 0 Å². The molecule has 0 radical (unpaired) electrons. The third kappa shape index (κ3) is 3.37. The van der Waals surface area contributed by atoms with Crippen LogP contribution < -0.4 is 0 Å². The van der Waals surface area contributed by atoms with Crippen molar-refractivity contribution in [2.45, 2.75) is 52.4 Å². The van der Waals surface area contributed by atoms with Gasteiger partial charge in [0.05, 0.1) is 6.61 Å². The lowest BCUT2D eigenvalue weighted by atomic mass is 9.84. The number of carbonyl (C=O) groups is 1. The summed E-state index contributed by atoms with van der Waals surface area (Å²) in [7, 11) is 0. The van der Waals surface area contributed by atoms with Crippen molar-refractivity contribution in [3.8, 4) is 0 Å². The number of ether oxygens (including phenoxy) is 1. The number of rotatable bonds is 4. The molecule has 13 heavy (non-hydrogen) atoms. The maximum atomic E-state index is 11.1. The summed E-state index contributed by atoms with van der Waals surface area (Å²) in [4.78, 5) is 11.1. The predicted molar refractivity (Wildman–Crippen MR) is 52.4 cm³/mol. The number of hydrogen-bond acceptors (Lipinski definition) is 2. The minimum atomic E-state index is -0.0318. The minimum Gasteiger partial charge on any atom is -0.466 e. The van der Waals surface area contributed by atoms with Gasteiger partial charge in [-0.3, -0.25) is 4.79 Å². The molecule has 0 spiro atoms. The zero-order valence-electron chi connectivity index (χ0n) is 8.77. The fourth-order valence-corrected chi connectivity index (χ4v) is 2.12. The van der Waals surface area contributed by atoms with Gasteiger partial charge >= 0.3 is 5.97 Å². The van der Waals surface area contributed by atoms with Crippen LogP contribution in [0.1, 0.15) is 52.4 Å². The fraction of sp³-hybridized carbons (Fsp3) is 0.909. The molecular formula is C11H20O2. The molecule has 2 nitrogen and oxygen atoms in total. The fourth-order valence-electron chi connectivity index (χ4n) is 2.12. The summed E-state index contributed by atoms with van der Waals surface area (Å²) in [6.45, 7) is 4.66. The van der Waals surface area contributed by atoms with Crippen LogP contribution in [0.5, 0.6) is 0 Å². The van der Waals surface area contributed by atoms with Crippen molar-refractivity contribution in [1.29, 1.82) is 0 Å². The number of esters is 1. The van der Waals surface area contributed by atoms with Gasteiger partial charge in [0.1, 0.15) is 0 Å². The summed E-state index contributed by atoms with van der Waals surface area (Å²) >= 11 is 0. The van der Waals surface area contributed by atoms with Crippen molar-refractivity contribution < 1.29 is 9.53 Å². The number of hydrogen-bond donors (Lipinski definition) is 0. The van der Waals surface area contributed by atoms with Crippen LogP contribution in [0.15, 0.2) is 0 Å². The normalized spacial score (nSPS) is 20.2. The Kier molecular flexibility index (Phi) is 3.76. The van der Waals surface area contributed by atoms with Crippen molar-refractivity contribution in [2.24, 2.45) is 5.41 Å². The van der Waals surface area contributed by atoms with Gasteiger partial charge in [-0.2, -0.15) is 0 Å². The van der Waals surface area contributed by atoms with E-state index < -0.39 is 0 Å². The average molecular weight is 184 g/mol. The Morgan fingerprint density at radius 1 is 1.38 bits per heavy atom. The molecule has 0 atom stereocenters. The van der Waals surface area contributed by atoms with Gasteiger partial charge in [-0.1, -0.05) is 19.8 Å². The second-order valence-corrected chi connectivity index (χ2v) is 4.32. The molecule has 1 aliphatic rings. The highest BCUT2D eigenvalue weighted by Crippen LogP contribution is 2.41. The maximum absolute atomic E-state index is 11.1. The molecule has 2 heteroatoms. The monoisotopic (exact) mass is 184 g/mol. The predicted octanol–water partition coefficient (Wildman–Crippen LogP) is 2.91. The van der Waals surface area contributed by atoms with Gasteiger partial charge in [0.15, 0.2) is 0 Å². The molecule has 0 heterocycles. The maximum Gasteiger partial charge on any atom is 0.305 e. The molecule has 0 amide bonds. The molecule has 1 fully saturated rings. The lowest BCUT2D eigenvalue weighted by molar-refractivity contribution is -0.143. The Bertz CT molecular complexity index is 169. The molecule has 0 saturated heterocycles. The van der Waals surface area contributed by atoms with Gasteiger partial charge in [-0.15, -0.1) is 0 Å². The summed E-state index contributed by atoms with van der Waals surface area (Å²) in [6, 6.07) is 0. The summed E-state index contributed by atoms with van der Waals surface area (Å²) in [5.41, 5.74) is 0.423. The van der Waals surface area contributed by atoms with Crippen LogP contribution in [-0.2, 0) is 9.53 Å². The third-order valence-corrected chi connectivity index (χ3v) is 3.05. The van der Waals surface area contributed by atoms with Crippen molar-refractivity contribution in [3.63, 3.8) is 0 Å². The molecule has 76 valence electrons. The molecule has 0 aliphatic heterocycles. The van der Waals surface area contributed by atoms with Crippen LogP contribution in [0.25, 0.3) is 0 Å². The molecule has 1 aliphatic carbocycles. The van der Waals surface area contributed by atoms with Crippen LogP contribution in [0, 0.1) is 5.41 Å². The van der Waals surface area contributed by atoms with Crippen LogP contribution in [0.4, 0.5) is 0 Å². The molecule has 1 rings (SSSR count). The Balaban J connectivity index is 2.21. The van der Waals surface area contributed by atoms with Crippen LogP contribution in [-0.4, -0.2) is 12.6 Å². The molecule has 0 aromatic carbocycles. The SMILES string of the molecule is CCOC(=O)CCC1(C)CCCC1. The highest BCUT2D eigenvalue weighted by molar-refractivity contribution is 5.69. The van der Waals surface area contributed by atoms with Crippen molar-refractivity contribution in [1.82, 2.24) is 0 Å². The molecule has 0 aromatic rings. The van der Waals surface area contributed by atoms with Gasteiger partial charge in [0, 0.05) is 6.42 Å². The van der Waals surface area contributed by atoms with E-state index in [-0.39, 0.29) is 5.97 Å². The van der Waals surface area contributed by atoms with Crippen molar-refractivity contribution in [3.05, 3.63) is 0 Å². The van der Waals surface area contributed by atoms with Crippen LogP contribution in [0.3, 0.4) is 0 Å². The van der Waals surface area contributed by atoms with Gasteiger partial charge < -0.3 is 4.74 Å². The van der Waals surface area contributed by atoms with Gasteiger partial charge in [0.25, 0.3) is 0 Å². The number of carbonyl (C=O) groups excluding carboxylic acids is 1. The van der Waals surface area contributed by atoms with E-state index in [0.717, 1.165) is 6.42 Å². The Labute approximate surface area is 80.7 Å². The topological polar surface area (TPSA) is 26.3 Å². The lowest BCUT2D eigenvalue weighted by Crippen LogP contribution is -2.14. The lowest BCUT2D eigenvalue weighted by Gasteiger charge is -2.22. The zero-order chi connectivity index (χ0) is 9.73. The third-order valence-electron chi connectivity index (χ3n) is 3.05. The van der Waals surface area contributed by atoms with Crippen molar-refractivity contribution in [2.75, 3.05) is 6.61 Å². The van der Waals surface area contributed by atoms with E-state index >= 15 is 0 Å². The summed E-state index contributed by atoms with van der Waals surface area (Å²) < 4.78 is 4.91. The van der Waals surface area contributed by atoms with E-state index in [0.29, 0.717) is 18.4 Å². The van der Waals surface area contributed by atoms with E-state index in [2.05, 4.69) is 6.92 Å². The van der Waals surface area contributed by atoms with E-state index in [9.17, 15) is 4.79 Å². The first kappa shape index (κ1) is 10.6. The van der Waals surface area contributed by atoms with Crippen LogP contribution in [0.2, 0.25) is 0 Å². The molecule has 0 bridgehead atoms. The van der Waals surface area contributed by atoms with E-state index in [1.54, 1.807) is 0 Å². The largest absolute Gasteiger partial charge is 0.466 e. The molecule has 0 unspecified atom stereocenters. The zero-order valence-corrected chi connectivity index (χ0v) is 8.77. The quantitative estimate of drug-likeness (QED) is 0.628. The van der Waals surface area contributed by atoms with E-state index in [1.165, 1.54) is 25.7 Å². The minimum absolute atomic E-state index is 0.0318.